The third-order valence-electron chi connectivity index (χ3n) is 3.91. The summed E-state index contributed by atoms with van der Waals surface area (Å²) >= 11 is 0. The molecule has 0 aliphatic rings. The molecule has 0 atom stereocenters. The molecule has 10 heteroatoms. The topological polar surface area (TPSA) is 118 Å². The van der Waals surface area contributed by atoms with Gasteiger partial charge in [0.05, 0.1) is 31.9 Å². The van der Waals surface area contributed by atoms with Crippen LogP contribution in [0.4, 0.5) is 17.2 Å². The van der Waals surface area contributed by atoms with Crippen molar-refractivity contribution in [3.63, 3.8) is 0 Å². The number of nitrogens with zero attached hydrogens (tertiary/aromatic N) is 3. The van der Waals surface area contributed by atoms with Gasteiger partial charge in [0, 0.05) is 6.07 Å². The van der Waals surface area contributed by atoms with Crippen molar-refractivity contribution < 1.29 is 23.9 Å². The van der Waals surface area contributed by atoms with Gasteiger partial charge in [0.2, 0.25) is 5.82 Å². The molecule has 0 fully saturated rings. The number of aromatic nitrogens is 2. The third-order valence-corrected chi connectivity index (χ3v) is 3.91. The summed E-state index contributed by atoms with van der Waals surface area (Å²) in [7, 11) is 4.54. The largest absolute Gasteiger partial charge is 0.497 e. The van der Waals surface area contributed by atoms with E-state index in [9.17, 15) is 10.1 Å². The second-order valence-corrected chi connectivity index (χ2v) is 5.60. The molecule has 0 bridgehead atoms. The Hall–Kier alpha value is -4.08. The van der Waals surface area contributed by atoms with Crippen LogP contribution in [-0.2, 0) is 0 Å². The first-order valence-electron chi connectivity index (χ1n) is 8.36. The predicted molar refractivity (Wildman–Crippen MR) is 105 cm³/mol. The van der Waals surface area contributed by atoms with Crippen LogP contribution in [0.1, 0.15) is 0 Å². The zero-order valence-electron chi connectivity index (χ0n) is 15.9. The van der Waals surface area contributed by atoms with Gasteiger partial charge in [-0.15, -0.1) is 0 Å². The van der Waals surface area contributed by atoms with Crippen molar-refractivity contribution in [1.82, 2.24) is 9.97 Å². The van der Waals surface area contributed by atoms with Gasteiger partial charge in [-0.3, -0.25) is 10.1 Å². The first-order valence-corrected chi connectivity index (χ1v) is 8.36. The van der Waals surface area contributed by atoms with Crippen LogP contribution in [0.5, 0.6) is 28.9 Å². The molecule has 1 aromatic heterocycles. The summed E-state index contributed by atoms with van der Waals surface area (Å²) in [6, 6.07) is 11.6. The predicted octanol–water partition coefficient (Wildman–Crippen LogP) is 3.95. The summed E-state index contributed by atoms with van der Waals surface area (Å²) in [5.41, 5.74) is 0.0479. The van der Waals surface area contributed by atoms with Gasteiger partial charge in [-0.25, -0.2) is 4.98 Å². The smallest absolute Gasteiger partial charge is 0.373 e. The Bertz CT molecular complexity index is 1010. The molecular weight excluding hydrogens is 380 g/mol. The number of nitrogens with one attached hydrogen (secondary N) is 1. The van der Waals surface area contributed by atoms with Crippen molar-refractivity contribution in [3.05, 3.63) is 58.9 Å². The van der Waals surface area contributed by atoms with E-state index in [2.05, 4.69) is 15.3 Å². The molecular formula is C19H18N4O6. The Kier molecular flexibility index (Phi) is 5.93. The van der Waals surface area contributed by atoms with Gasteiger partial charge < -0.3 is 24.3 Å². The van der Waals surface area contributed by atoms with E-state index in [1.165, 1.54) is 27.7 Å². The number of ether oxygens (including phenoxy) is 4. The number of anilines is 2. The van der Waals surface area contributed by atoms with E-state index in [-0.39, 0.29) is 11.7 Å². The molecule has 29 heavy (non-hydrogen) atoms. The fourth-order valence-corrected chi connectivity index (χ4v) is 2.48. The van der Waals surface area contributed by atoms with Crippen LogP contribution in [0.3, 0.4) is 0 Å². The quantitative estimate of drug-likeness (QED) is 0.444. The summed E-state index contributed by atoms with van der Waals surface area (Å²) in [5, 5.41) is 14.6. The number of hydrogen-bond donors (Lipinski definition) is 1. The highest BCUT2D eigenvalue weighted by molar-refractivity contribution is 5.72. The monoisotopic (exact) mass is 398 g/mol. The van der Waals surface area contributed by atoms with Crippen molar-refractivity contribution in [3.8, 4) is 28.9 Å². The minimum absolute atomic E-state index is 0.0445. The number of hydrogen-bond acceptors (Lipinski definition) is 9. The standard InChI is InChI=1S/C19H18N4O6/c1-26-12-4-6-13(7-5-12)29-19-17(23(24)25)18(20-11-21-19)22-15-9-8-14(27-2)10-16(15)28-3/h4-11H,1-3H3,(H,20,21,22). The Morgan fingerprint density at radius 3 is 2.17 bits per heavy atom. The Morgan fingerprint density at radius 1 is 0.897 bits per heavy atom. The number of methoxy groups -OCH3 is 3. The Labute approximate surface area is 166 Å². The molecule has 0 spiro atoms. The fraction of sp³-hybridized carbons (Fsp3) is 0.158. The maximum absolute atomic E-state index is 11.7. The first kappa shape index (κ1) is 19.7. The van der Waals surface area contributed by atoms with Crippen LogP contribution in [0.25, 0.3) is 0 Å². The molecule has 3 rings (SSSR count). The van der Waals surface area contributed by atoms with Gasteiger partial charge in [-0.2, -0.15) is 4.98 Å². The average Bonchev–Trinajstić information content (AvgIpc) is 2.74. The van der Waals surface area contributed by atoms with E-state index in [0.717, 1.165) is 0 Å². The van der Waals surface area contributed by atoms with Gasteiger partial charge >= 0.3 is 11.6 Å². The molecule has 0 saturated carbocycles. The van der Waals surface area contributed by atoms with Gasteiger partial charge in [0.1, 0.15) is 29.3 Å². The number of nitro groups is 1. The van der Waals surface area contributed by atoms with Crippen molar-refractivity contribution in [2.45, 2.75) is 0 Å². The Morgan fingerprint density at radius 2 is 1.55 bits per heavy atom. The minimum atomic E-state index is -0.614. The van der Waals surface area contributed by atoms with Crippen molar-refractivity contribution in [2.24, 2.45) is 0 Å². The summed E-state index contributed by atoms with van der Waals surface area (Å²) in [5.74, 6) is 1.74. The molecule has 0 radical (unpaired) electrons. The molecule has 3 aromatic rings. The van der Waals surface area contributed by atoms with Crippen LogP contribution >= 0.6 is 0 Å². The molecule has 0 saturated heterocycles. The Balaban J connectivity index is 1.95. The van der Waals surface area contributed by atoms with Crippen LogP contribution < -0.4 is 24.3 Å². The third kappa shape index (κ3) is 4.43. The van der Waals surface area contributed by atoms with Crippen molar-refractivity contribution in [2.75, 3.05) is 26.6 Å². The maximum Gasteiger partial charge on any atom is 0.373 e. The zero-order valence-corrected chi connectivity index (χ0v) is 15.9. The zero-order chi connectivity index (χ0) is 20.8. The van der Waals surface area contributed by atoms with E-state index < -0.39 is 10.6 Å². The van der Waals surface area contributed by atoms with Crippen LogP contribution in [0, 0.1) is 10.1 Å². The molecule has 2 aromatic carbocycles. The fourth-order valence-electron chi connectivity index (χ4n) is 2.48. The van der Waals surface area contributed by atoms with Crippen LogP contribution in [-0.4, -0.2) is 36.2 Å². The van der Waals surface area contributed by atoms with Gasteiger partial charge in [-0.05, 0) is 36.4 Å². The second kappa shape index (κ2) is 8.74. The molecule has 0 aliphatic carbocycles. The number of benzene rings is 2. The summed E-state index contributed by atoms with van der Waals surface area (Å²) in [6.45, 7) is 0. The highest BCUT2D eigenvalue weighted by Crippen LogP contribution is 2.38. The average molecular weight is 398 g/mol. The SMILES string of the molecule is COc1ccc(Oc2ncnc(Nc3ccc(OC)cc3OC)c2[N+](=O)[O-])cc1. The van der Waals surface area contributed by atoms with Gasteiger partial charge in [-0.1, -0.05) is 0 Å². The van der Waals surface area contributed by atoms with E-state index in [1.807, 2.05) is 0 Å². The van der Waals surface area contributed by atoms with E-state index in [4.69, 9.17) is 18.9 Å². The summed E-state index contributed by atoms with van der Waals surface area (Å²) in [4.78, 5) is 19.0. The number of rotatable bonds is 8. The highest BCUT2D eigenvalue weighted by Gasteiger charge is 2.26. The molecule has 1 N–H and O–H groups in total. The molecule has 0 amide bonds. The van der Waals surface area contributed by atoms with Crippen molar-refractivity contribution >= 4 is 17.2 Å². The second-order valence-electron chi connectivity index (χ2n) is 5.60. The highest BCUT2D eigenvalue weighted by atomic mass is 16.6. The molecule has 1 heterocycles. The van der Waals surface area contributed by atoms with Crippen LogP contribution in [0.2, 0.25) is 0 Å². The summed E-state index contributed by atoms with van der Waals surface area (Å²) < 4.78 is 21.2. The molecule has 0 aliphatic heterocycles. The van der Waals surface area contributed by atoms with Crippen LogP contribution in [0.15, 0.2) is 48.8 Å². The lowest BCUT2D eigenvalue weighted by Gasteiger charge is -2.13. The van der Waals surface area contributed by atoms with E-state index in [0.29, 0.717) is 28.7 Å². The van der Waals surface area contributed by atoms with Gasteiger partial charge in [0.25, 0.3) is 0 Å². The van der Waals surface area contributed by atoms with E-state index >= 15 is 0 Å². The lowest BCUT2D eigenvalue weighted by molar-refractivity contribution is -0.385. The molecule has 10 nitrogen and oxygen atoms in total. The first-order chi connectivity index (χ1) is 14.0. The lowest BCUT2D eigenvalue weighted by atomic mass is 10.2. The summed E-state index contributed by atoms with van der Waals surface area (Å²) in [6.07, 6.45) is 1.17. The molecule has 0 unspecified atom stereocenters. The van der Waals surface area contributed by atoms with Crippen molar-refractivity contribution in [1.29, 1.82) is 0 Å². The molecule has 150 valence electrons. The van der Waals surface area contributed by atoms with E-state index in [1.54, 1.807) is 42.5 Å². The van der Waals surface area contributed by atoms with Gasteiger partial charge in [0.15, 0.2) is 0 Å². The maximum atomic E-state index is 11.7. The minimum Gasteiger partial charge on any atom is -0.497 e. The normalized spacial score (nSPS) is 10.2. The lowest BCUT2D eigenvalue weighted by Crippen LogP contribution is -2.04.